The number of nitrogens with zero attached hydrogens (tertiary/aromatic N) is 2. The summed E-state index contributed by atoms with van der Waals surface area (Å²) < 4.78 is 13.8. The first-order valence-electron chi connectivity index (χ1n) is 6.30. The summed E-state index contributed by atoms with van der Waals surface area (Å²) in [6.07, 6.45) is 1.03. The summed E-state index contributed by atoms with van der Waals surface area (Å²) in [4.78, 5) is 23.6. The number of halogens is 1. The van der Waals surface area contributed by atoms with Gasteiger partial charge in [-0.05, 0) is 24.3 Å². The van der Waals surface area contributed by atoms with Crippen molar-refractivity contribution in [2.24, 2.45) is 11.8 Å². The van der Waals surface area contributed by atoms with Crippen molar-refractivity contribution in [1.82, 2.24) is 4.90 Å². The molecule has 2 rings (SSSR count). The van der Waals surface area contributed by atoms with Crippen molar-refractivity contribution in [3.63, 3.8) is 0 Å². The number of nitrogen functional groups attached to an aromatic ring is 1. The van der Waals surface area contributed by atoms with E-state index in [1.807, 2.05) is 0 Å². The average Bonchev–Trinajstić information content (AvgIpc) is 3.04. The zero-order chi connectivity index (χ0) is 15.0. The molecule has 1 saturated carbocycles. The van der Waals surface area contributed by atoms with Gasteiger partial charge in [-0.25, -0.2) is 4.39 Å². The Labute approximate surface area is 115 Å². The molecule has 0 saturated heterocycles. The van der Waals surface area contributed by atoms with Crippen molar-refractivity contribution < 1.29 is 14.1 Å². The third-order valence-corrected chi connectivity index (χ3v) is 3.71. The number of carbonyl (C=O) groups is 1. The highest BCUT2D eigenvalue weighted by atomic mass is 19.1. The number of nitrogens with two attached hydrogens (primary N) is 1. The molecule has 0 aliphatic heterocycles. The lowest BCUT2D eigenvalue weighted by Gasteiger charge is -2.18. The number of benzene rings is 1. The molecule has 6 nitrogen and oxygen atoms in total. The number of carbonyl (C=O) groups excluding carboxylic acids is 1. The summed E-state index contributed by atoms with van der Waals surface area (Å²) in [5, 5.41) is 10.8. The van der Waals surface area contributed by atoms with E-state index in [-0.39, 0.29) is 0 Å². The molecule has 1 aliphatic rings. The van der Waals surface area contributed by atoms with Gasteiger partial charge in [-0.15, -0.1) is 0 Å². The molecule has 1 amide bonds. The molecule has 0 bridgehead atoms. The van der Waals surface area contributed by atoms with Gasteiger partial charge in [0.15, 0.2) is 0 Å². The fourth-order valence-corrected chi connectivity index (χ4v) is 2.24. The van der Waals surface area contributed by atoms with Gasteiger partial charge < -0.3 is 10.6 Å². The Balaban J connectivity index is 2.28. The number of anilines is 1. The number of nitro benzene ring substituents is 1. The number of nitro groups is 1. The number of hydrogen-bond donors (Lipinski definition) is 1. The van der Waals surface area contributed by atoms with Crippen LogP contribution in [0.1, 0.15) is 23.7 Å². The van der Waals surface area contributed by atoms with Crippen LogP contribution in [-0.2, 0) is 0 Å². The summed E-state index contributed by atoms with van der Waals surface area (Å²) in [6, 6.07) is 1.86. The van der Waals surface area contributed by atoms with Crippen LogP contribution in [0.4, 0.5) is 15.8 Å². The summed E-state index contributed by atoms with van der Waals surface area (Å²) >= 11 is 0. The highest BCUT2D eigenvalue weighted by Gasteiger charge is 2.35. The minimum Gasteiger partial charge on any atom is -0.392 e. The average molecular weight is 281 g/mol. The topological polar surface area (TPSA) is 89.5 Å². The molecule has 1 aromatic carbocycles. The molecule has 108 valence electrons. The fourth-order valence-electron chi connectivity index (χ4n) is 2.24. The van der Waals surface area contributed by atoms with Gasteiger partial charge in [0.1, 0.15) is 17.1 Å². The molecule has 0 spiro atoms. The lowest BCUT2D eigenvalue weighted by Crippen LogP contribution is -2.30. The standard InChI is InChI=1S/C13H16FN3O3/c1-7-5-8(7)6-16(2)13(18)11-9(14)3-4-10(12(11)15)17(19)20/h3-4,7-8H,5-6,15H2,1-2H3. The van der Waals surface area contributed by atoms with E-state index in [4.69, 9.17) is 5.73 Å². The van der Waals surface area contributed by atoms with Crippen LogP contribution in [0.5, 0.6) is 0 Å². The Morgan fingerprint density at radius 3 is 2.70 bits per heavy atom. The highest BCUT2D eigenvalue weighted by Crippen LogP contribution is 2.38. The molecule has 2 unspecified atom stereocenters. The van der Waals surface area contributed by atoms with Crippen molar-refractivity contribution in [3.8, 4) is 0 Å². The van der Waals surface area contributed by atoms with Crippen molar-refractivity contribution in [1.29, 1.82) is 0 Å². The second-order valence-corrected chi connectivity index (χ2v) is 5.27. The molecule has 1 aromatic rings. The van der Waals surface area contributed by atoms with Gasteiger partial charge in [-0.3, -0.25) is 14.9 Å². The molecule has 2 atom stereocenters. The van der Waals surface area contributed by atoms with Crippen molar-refractivity contribution in [2.75, 3.05) is 19.3 Å². The number of amides is 1. The van der Waals surface area contributed by atoms with E-state index in [1.54, 1.807) is 7.05 Å². The van der Waals surface area contributed by atoms with Gasteiger partial charge in [0.25, 0.3) is 11.6 Å². The highest BCUT2D eigenvalue weighted by molar-refractivity contribution is 6.01. The largest absolute Gasteiger partial charge is 0.392 e. The summed E-state index contributed by atoms with van der Waals surface area (Å²) in [5.41, 5.74) is 4.27. The molecule has 0 aromatic heterocycles. The van der Waals surface area contributed by atoms with Crippen LogP contribution in [-0.4, -0.2) is 29.3 Å². The Morgan fingerprint density at radius 2 is 2.20 bits per heavy atom. The number of rotatable bonds is 4. The van der Waals surface area contributed by atoms with Gasteiger partial charge >= 0.3 is 0 Å². The van der Waals surface area contributed by atoms with Crippen LogP contribution in [0, 0.1) is 27.8 Å². The zero-order valence-corrected chi connectivity index (χ0v) is 11.3. The third kappa shape index (κ3) is 2.56. The second-order valence-electron chi connectivity index (χ2n) is 5.27. The molecular weight excluding hydrogens is 265 g/mol. The van der Waals surface area contributed by atoms with Gasteiger partial charge in [-0.2, -0.15) is 0 Å². The van der Waals surface area contributed by atoms with Crippen LogP contribution in [0.2, 0.25) is 0 Å². The molecule has 2 N–H and O–H groups in total. The first kappa shape index (κ1) is 14.2. The second kappa shape index (κ2) is 5.07. The van der Waals surface area contributed by atoms with E-state index in [1.165, 1.54) is 4.90 Å². The smallest absolute Gasteiger partial charge is 0.293 e. The SMILES string of the molecule is CC1CC1CN(C)C(=O)c1c(F)ccc([N+](=O)[O-])c1N. The van der Waals surface area contributed by atoms with Crippen LogP contribution in [0.25, 0.3) is 0 Å². The quantitative estimate of drug-likeness (QED) is 0.519. The van der Waals surface area contributed by atoms with Crippen LogP contribution < -0.4 is 5.73 Å². The predicted molar refractivity (Wildman–Crippen MR) is 71.7 cm³/mol. The maximum atomic E-state index is 13.8. The Kier molecular flexibility index (Phi) is 3.61. The minimum absolute atomic E-state index is 0.409. The van der Waals surface area contributed by atoms with E-state index < -0.39 is 33.6 Å². The molecular formula is C13H16FN3O3. The Bertz CT molecular complexity index is 576. The van der Waals surface area contributed by atoms with E-state index >= 15 is 0 Å². The number of hydrogen-bond acceptors (Lipinski definition) is 4. The van der Waals surface area contributed by atoms with E-state index in [9.17, 15) is 19.3 Å². The van der Waals surface area contributed by atoms with E-state index in [0.29, 0.717) is 18.4 Å². The monoisotopic (exact) mass is 281 g/mol. The molecule has 7 heteroatoms. The third-order valence-electron chi connectivity index (χ3n) is 3.71. The van der Waals surface area contributed by atoms with Gasteiger partial charge in [0, 0.05) is 19.7 Å². The maximum Gasteiger partial charge on any atom is 0.293 e. The summed E-state index contributed by atoms with van der Waals surface area (Å²) in [5.74, 6) is -0.499. The summed E-state index contributed by atoms with van der Waals surface area (Å²) in [7, 11) is 1.55. The van der Waals surface area contributed by atoms with Crippen LogP contribution >= 0.6 is 0 Å². The van der Waals surface area contributed by atoms with Crippen molar-refractivity contribution in [2.45, 2.75) is 13.3 Å². The molecule has 20 heavy (non-hydrogen) atoms. The van der Waals surface area contributed by atoms with Gasteiger partial charge in [0.2, 0.25) is 0 Å². The zero-order valence-electron chi connectivity index (χ0n) is 11.3. The summed E-state index contributed by atoms with van der Waals surface area (Å²) in [6.45, 7) is 2.58. The van der Waals surface area contributed by atoms with Crippen molar-refractivity contribution >= 4 is 17.3 Å². The van der Waals surface area contributed by atoms with Crippen LogP contribution in [0.3, 0.4) is 0 Å². The van der Waals surface area contributed by atoms with E-state index in [2.05, 4.69) is 6.92 Å². The minimum atomic E-state index is -0.839. The molecule has 1 fully saturated rings. The molecule has 1 aliphatic carbocycles. The normalized spacial score (nSPS) is 20.6. The first-order valence-corrected chi connectivity index (χ1v) is 6.30. The van der Waals surface area contributed by atoms with Gasteiger partial charge in [-0.1, -0.05) is 6.92 Å². The maximum absolute atomic E-state index is 13.8. The van der Waals surface area contributed by atoms with Crippen LogP contribution in [0.15, 0.2) is 12.1 Å². The van der Waals surface area contributed by atoms with E-state index in [0.717, 1.165) is 18.6 Å². The first-order chi connectivity index (χ1) is 9.32. The van der Waals surface area contributed by atoms with Gasteiger partial charge in [0.05, 0.1) is 4.92 Å². The fraction of sp³-hybridized carbons (Fsp3) is 0.462. The Morgan fingerprint density at radius 1 is 1.60 bits per heavy atom. The lowest BCUT2D eigenvalue weighted by molar-refractivity contribution is -0.384. The molecule has 0 heterocycles. The lowest BCUT2D eigenvalue weighted by atomic mass is 10.1. The predicted octanol–water partition coefficient (Wildman–Crippen LogP) is 2.04. The van der Waals surface area contributed by atoms with Crippen molar-refractivity contribution in [3.05, 3.63) is 33.6 Å². The Hall–Kier alpha value is -2.18. The molecule has 0 radical (unpaired) electrons.